The number of cyclic esters (lactones) is 1. The van der Waals surface area contributed by atoms with Crippen molar-refractivity contribution in [2.45, 2.75) is 0 Å². The molecule has 3 rings (SSSR count). The molecule has 0 spiro atoms. The highest BCUT2D eigenvalue weighted by atomic mass is 35.5. The number of carbonyl (C=O) groups excluding carboxylic acids is 1. The van der Waals surface area contributed by atoms with Crippen LogP contribution in [0, 0.1) is 0 Å². The van der Waals surface area contributed by atoms with Gasteiger partial charge in [-0.05, 0) is 23.8 Å². The molecule has 98 valence electrons. The Labute approximate surface area is 121 Å². The maximum absolute atomic E-state index is 11.8. The van der Waals surface area contributed by atoms with Gasteiger partial charge in [0.05, 0.1) is 10.6 Å². The van der Waals surface area contributed by atoms with Crippen molar-refractivity contribution in [2.24, 2.45) is 4.99 Å². The Balaban J connectivity index is 1.98. The molecule has 0 saturated heterocycles. The number of ether oxygens (including phenoxy) is 1. The first kappa shape index (κ1) is 12.6. The molecule has 1 heterocycles. The summed E-state index contributed by atoms with van der Waals surface area (Å²) in [6.45, 7) is 0. The Morgan fingerprint density at radius 2 is 1.70 bits per heavy atom. The first-order valence-electron chi connectivity index (χ1n) is 6.06. The predicted octanol–water partition coefficient (Wildman–Crippen LogP) is 3.68. The van der Waals surface area contributed by atoms with Crippen LogP contribution in [0.3, 0.4) is 0 Å². The number of carbonyl (C=O) groups is 1. The van der Waals surface area contributed by atoms with Gasteiger partial charge in [-0.1, -0.05) is 54.1 Å². The first-order chi connectivity index (χ1) is 9.74. The smallest absolute Gasteiger partial charge is 0.363 e. The van der Waals surface area contributed by atoms with Crippen molar-refractivity contribution in [1.29, 1.82) is 0 Å². The van der Waals surface area contributed by atoms with E-state index in [1.54, 1.807) is 18.2 Å². The molecule has 0 N–H and O–H groups in total. The quantitative estimate of drug-likeness (QED) is 0.623. The first-order valence-corrected chi connectivity index (χ1v) is 6.44. The lowest BCUT2D eigenvalue weighted by atomic mass is 10.2. The minimum atomic E-state index is -0.469. The lowest BCUT2D eigenvalue weighted by Gasteiger charge is -2.00. The van der Waals surface area contributed by atoms with E-state index in [4.69, 9.17) is 16.3 Å². The van der Waals surface area contributed by atoms with E-state index >= 15 is 0 Å². The molecular formula is C16H10ClNO2. The highest BCUT2D eigenvalue weighted by molar-refractivity contribution is 6.34. The average Bonchev–Trinajstić information content (AvgIpc) is 2.81. The molecule has 20 heavy (non-hydrogen) atoms. The molecule has 0 aliphatic carbocycles. The molecule has 1 aliphatic heterocycles. The van der Waals surface area contributed by atoms with Gasteiger partial charge in [-0.3, -0.25) is 0 Å². The zero-order valence-corrected chi connectivity index (χ0v) is 11.2. The number of nitrogens with zero attached hydrogens (tertiary/aromatic N) is 1. The van der Waals surface area contributed by atoms with Gasteiger partial charge in [-0.25, -0.2) is 9.79 Å². The topological polar surface area (TPSA) is 38.7 Å². The van der Waals surface area contributed by atoms with Crippen LogP contribution in [0.1, 0.15) is 11.1 Å². The highest BCUT2D eigenvalue weighted by Gasteiger charge is 2.25. The molecule has 0 radical (unpaired) electrons. The van der Waals surface area contributed by atoms with E-state index in [0.717, 1.165) is 5.56 Å². The number of hydrogen-bond donors (Lipinski definition) is 0. The second-order valence-corrected chi connectivity index (χ2v) is 4.63. The van der Waals surface area contributed by atoms with Crippen LogP contribution in [-0.4, -0.2) is 11.9 Å². The zero-order chi connectivity index (χ0) is 13.9. The van der Waals surface area contributed by atoms with Gasteiger partial charge in [0.1, 0.15) is 0 Å². The van der Waals surface area contributed by atoms with E-state index in [1.807, 2.05) is 42.5 Å². The molecule has 1 aliphatic rings. The van der Waals surface area contributed by atoms with Crippen molar-refractivity contribution >= 4 is 29.5 Å². The molecule has 0 fully saturated rings. The second-order valence-electron chi connectivity index (χ2n) is 4.23. The number of aliphatic imine (C=N–C) groups is 1. The Hall–Kier alpha value is -2.39. The van der Waals surface area contributed by atoms with Crippen LogP contribution in [0.25, 0.3) is 6.08 Å². The van der Waals surface area contributed by atoms with Gasteiger partial charge in [0.2, 0.25) is 5.90 Å². The summed E-state index contributed by atoms with van der Waals surface area (Å²) in [4.78, 5) is 16.0. The lowest BCUT2D eigenvalue weighted by molar-refractivity contribution is -0.129. The Kier molecular flexibility index (Phi) is 3.35. The minimum Gasteiger partial charge on any atom is -0.402 e. The van der Waals surface area contributed by atoms with Crippen molar-refractivity contribution in [3.63, 3.8) is 0 Å². The molecule has 4 heteroatoms. The van der Waals surface area contributed by atoms with Crippen LogP contribution >= 0.6 is 11.6 Å². The molecule has 0 aromatic heterocycles. The fraction of sp³-hybridized carbons (Fsp3) is 0. The van der Waals surface area contributed by atoms with E-state index in [2.05, 4.69) is 4.99 Å². The van der Waals surface area contributed by atoms with Crippen LogP contribution in [0.15, 0.2) is 65.3 Å². The predicted molar refractivity (Wildman–Crippen MR) is 78.5 cm³/mol. The maximum Gasteiger partial charge on any atom is 0.363 e. The van der Waals surface area contributed by atoms with Gasteiger partial charge in [-0.2, -0.15) is 0 Å². The van der Waals surface area contributed by atoms with E-state index in [-0.39, 0.29) is 11.6 Å². The second kappa shape index (κ2) is 5.31. The van der Waals surface area contributed by atoms with Gasteiger partial charge in [0.15, 0.2) is 5.70 Å². The van der Waals surface area contributed by atoms with E-state index < -0.39 is 5.97 Å². The third-order valence-corrected chi connectivity index (χ3v) is 3.16. The number of esters is 1. The summed E-state index contributed by atoms with van der Waals surface area (Å²) >= 11 is 6.07. The lowest BCUT2D eigenvalue weighted by Crippen LogP contribution is -2.05. The number of rotatable bonds is 2. The summed E-state index contributed by atoms with van der Waals surface area (Å²) in [5.74, 6) is -0.230. The van der Waals surface area contributed by atoms with Crippen molar-refractivity contribution in [1.82, 2.24) is 0 Å². The molecule has 0 bridgehead atoms. The van der Waals surface area contributed by atoms with Gasteiger partial charge in [0, 0.05) is 0 Å². The van der Waals surface area contributed by atoms with Crippen molar-refractivity contribution in [3.8, 4) is 0 Å². The van der Waals surface area contributed by atoms with E-state index in [1.165, 1.54) is 0 Å². The largest absolute Gasteiger partial charge is 0.402 e. The van der Waals surface area contributed by atoms with Crippen LogP contribution < -0.4 is 0 Å². The zero-order valence-electron chi connectivity index (χ0n) is 10.4. The van der Waals surface area contributed by atoms with Crippen molar-refractivity contribution in [3.05, 3.63) is 76.4 Å². The molecule has 3 nitrogen and oxygen atoms in total. The van der Waals surface area contributed by atoms with Crippen molar-refractivity contribution in [2.75, 3.05) is 0 Å². The number of halogens is 1. The molecule has 2 aromatic rings. The molecule has 0 atom stereocenters. The number of hydrogen-bond acceptors (Lipinski definition) is 3. The van der Waals surface area contributed by atoms with Crippen LogP contribution in [-0.2, 0) is 9.53 Å². The van der Waals surface area contributed by atoms with Crippen LogP contribution in [0.5, 0.6) is 0 Å². The van der Waals surface area contributed by atoms with E-state index in [0.29, 0.717) is 10.6 Å². The molecule has 0 saturated carbocycles. The van der Waals surface area contributed by atoms with Crippen molar-refractivity contribution < 1.29 is 9.53 Å². The monoisotopic (exact) mass is 283 g/mol. The summed E-state index contributed by atoms with van der Waals surface area (Å²) in [5, 5.41) is 0.500. The summed E-state index contributed by atoms with van der Waals surface area (Å²) in [5.41, 5.74) is 1.77. The normalized spacial score (nSPS) is 16.1. The highest BCUT2D eigenvalue weighted by Crippen LogP contribution is 2.23. The third kappa shape index (κ3) is 2.49. The van der Waals surface area contributed by atoms with Crippen LogP contribution in [0.2, 0.25) is 5.02 Å². The third-order valence-electron chi connectivity index (χ3n) is 2.83. The summed E-state index contributed by atoms with van der Waals surface area (Å²) in [7, 11) is 0. The Bertz CT molecular complexity index is 720. The average molecular weight is 284 g/mol. The maximum atomic E-state index is 11.8. The summed E-state index contributed by atoms with van der Waals surface area (Å²) < 4.78 is 5.17. The van der Waals surface area contributed by atoms with E-state index in [9.17, 15) is 4.79 Å². The fourth-order valence-electron chi connectivity index (χ4n) is 1.87. The molecule has 2 aromatic carbocycles. The SMILES string of the molecule is O=C1OC(c2ccccc2Cl)=N/C1=C\c1ccccc1. The van der Waals surface area contributed by atoms with Gasteiger partial charge in [0.25, 0.3) is 0 Å². The van der Waals surface area contributed by atoms with Gasteiger partial charge >= 0.3 is 5.97 Å². The Morgan fingerprint density at radius 3 is 2.45 bits per heavy atom. The molecular weight excluding hydrogens is 274 g/mol. The molecule has 0 amide bonds. The number of benzene rings is 2. The Morgan fingerprint density at radius 1 is 1.00 bits per heavy atom. The minimum absolute atomic E-state index is 0.239. The fourth-order valence-corrected chi connectivity index (χ4v) is 2.08. The van der Waals surface area contributed by atoms with Gasteiger partial charge in [-0.15, -0.1) is 0 Å². The summed E-state index contributed by atoms with van der Waals surface area (Å²) in [6.07, 6.45) is 1.69. The van der Waals surface area contributed by atoms with Gasteiger partial charge < -0.3 is 4.74 Å². The summed E-state index contributed by atoms with van der Waals surface area (Å²) in [6, 6.07) is 16.6. The standard InChI is InChI=1S/C16H10ClNO2/c17-13-9-5-4-8-12(13)15-18-14(16(19)20-15)10-11-6-2-1-3-7-11/h1-10H/b14-10-. The molecule has 0 unspecified atom stereocenters. The van der Waals surface area contributed by atoms with Crippen LogP contribution in [0.4, 0.5) is 0 Å².